The van der Waals surface area contributed by atoms with Crippen molar-refractivity contribution in [3.8, 4) is 11.8 Å². The Balaban J connectivity index is 2.46. The highest BCUT2D eigenvalue weighted by Gasteiger charge is 1.96. The lowest BCUT2D eigenvalue weighted by molar-refractivity contribution is 0.112. The summed E-state index contributed by atoms with van der Waals surface area (Å²) in [6, 6.07) is 3.48. The molecule has 2 heteroatoms. The molecule has 0 aromatic carbocycles. The number of carbonyl (C=O) groups is 1. The molecule has 84 valence electrons. The van der Waals surface area contributed by atoms with Crippen LogP contribution in [-0.4, -0.2) is 11.3 Å². The van der Waals surface area contributed by atoms with Crippen LogP contribution in [-0.2, 0) is 0 Å². The second kappa shape index (κ2) is 7.64. The van der Waals surface area contributed by atoms with Gasteiger partial charge in [0.25, 0.3) is 0 Å². The van der Waals surface area contributed by atoms with Gasteiger partial charge in [-0.25, -0.2) is 4.98 Å². The summed E-state index contributed by atoms with van der Waals surface area (Å²) >= 11 is 0. The third-order valence-corrected chi connectivity index (χ3v) is 2.33. The monoisotopic (exact) mass is 215 g/mol. The van der Waals surface area contributed by atoms with E-state index in [1.165, 1.54) is 19.3 Å². The van der Waals surface area contributed by atoms with Gasteiger partial charge in [-0.3, -0.25) is 4.79 Å². The number of nitrogens with zero attached hydrogens (tertiary/aromatic N) is 1. The molecule has 0 saturated heterocycles. The first kappa shape index (κ1) is 12.4. The Labute approximate surface area is 97.1 Å². The molecule has 0 atom stereocenters. The number of pyridine rings is 1. The number of hydrogen-bond donors (Lipinski definition) is 0. The average Bonchev–Trinajstić information content (AvgIpc) is 2.34. The van der Waals surface area contributed by atoms with Gasteiger partial charge in [-0.15, -0.1) is 0 Å². The van der Waals surface area contributed by atoms with Crippen molar-refractivity contribution < 1.29 is 4.79 Å². The Morgan fingerprint density at radius 3 is 3.00 bits per heavy atom. The van der Waals surface area contributed by atoms with Crippen molar-refractivity contribution in [3.05, 3.63) is 29.6 Å². The molecule has 0 bridgehead atoms. The number of aromatic nitrogens is 1. The third-order valence-electron chi connectivity index (χ3n) is 2.33. The number of unbranched alkanes of at least 4 members (excludes halogenated alkanes) is 4. The second-order valence-electron chi connectivity index (χ2n) is 3.67. The fraction of sp³-hybridized carbons (Fsp3) is 0.429. The van der Waals surface area contributed by atoms with Crippen molar-refractivity contribution in [2.45, 2.75) is 39.0 Å². The molecule has 0 unspecified atom stereocenters. The lowest BCUT2D eigenvalue weighted by Crippen LogP contribution is -1.90. The standard InChI is InChI=1S/C14H17NO/c1-2-3-4-5-6-7-10-14-13(12-16)9-8-11-15-14/h8-9,11-12H,2-6H2,1H3. The molecule has 0 N–H and O–H groups in total. The van der Waals surface area contributed by atoms with Crippen LogP contribution in [0.25, 0.3) is 0 Å². The van der Waals surface area contributed by atoms with Gasteiger partial charge < -0.3 is 0 Å². The lowest BCUT2D eigenvalue weighted by atomic mass is 10.1. The van der Waals surface area contributed by atoms with Crippen LogP contribution in [0.5, 0.6) is 0 Å². The van der Waals surface area contributed by atoms with Gasteiger partial charge in [0.2, 0.25) is 0 Å². The van der Waals surface area contributed by atoms with Gasteiger partial charge in [-0.1, -0.05) is 32.1 Å². The average molecular weight is 215 g/mol. The van der Waals surface area contributed by atoms with Gasteiger partial charge in [0.15, 0.2) is 6.29 Å². The van der Waals surface area contributed by atoms with Crippen LogP contribution in [0.1, 0.15) is 55.1 Å². The maximum absolute atomic E-state index is 10.7. The first-order valence-electron chi connectivity index (χ1n) is 5.77. The number of carbonyl (C=O) groups excluding carboxylic acids is 1. The minimum atomic E-state index is 0.573. The highest BCUT2D eigenvalue weighted by Crippen LogP contribution is 2.03. The highest BCUT2D eigenvalue weighted by molar-refractivity contribution is 5.78. The maximum Gasteiger partial charge on any atom is 0.152 e. The fourth-order valence-electron chi connectivity index (χ4n) is 1.40. The minimum Gasteiger partial charge on any atom is -0.298 e. The predicted octanol–water partition coefficient (Wildman–Crippen LogP) is 3.22. The minimum absolute atomic E-state index is 0.573. The van der Waals surface area contributed by atoms with E-state index in [1.54, 1.807) is 18.3 Å². The van der Waals surface area contributed by atoms with E-state index in [4.69, 9.17) is 0 Å². The molecule has 0 saturated carbocycles. The summed E-state index contributed by atoms with van der Waals surface area (Å²) < 4.78 is 0. The number of hydrogen-bond acceptors (Lipinski definition) is 2. The molecule has 1 heterocycles. The molecule has 0 aliphatic heterocycles. The zero-order valence-electron chi connectivity index (χ0n) is 9.70. The quantitative estimate of drug-likeness (QED) is 0.429. The van der Waals surface area contributed by atoms with Crippen molar-refractivity contribution in [1.82, 2.24) is 4.98 Å². The van der Waals surface area contributed by atoms with Gasteiger partial charge in [0.1, 0.15) is 5.69 Å². The normalized spacial score (nSPS) is 9.31. The van der Waals surface area contributed by atoms with Crippen molar-refractivity contribution in [3.63, 3.8) is 0 Å². The van der Waals surface area contributed by atoms with Crippen molar-refractivity contribution >= 4 is 6.29 Å². The summed E-state index contributed by atoms with van der Waals surface area (Å²) in [5, 5.41) is 0. The van der Waals surface area contributed by atoms with E-state index in [2.05, 4.69) is 23.7 Å². The summed E-state index contributed by atoms with van der Waals surface area (Å²) in [4.78, 5) is 14.8. The molecule has 0 spiro atoms. The first-order valence-corrected chi connectivity index (χ1v) is 5.77. The van der Waals surface area contributed by atoms with Crippen LogP contribution < -0.4 is 0 Å². The molecule has 0 aliphatic rings. The molecule has 16 heavy (non-hydrogen) atoms. The Kier molecular flexibility index (Phi) is 5.95. The first-order chi connectivity index (χ1) is 7.88. The fourth-order valence-corrected chi connectivity index (χ4v) is 1.40. The summed E-state index contributed by atoms with van der Waals surface area (Å²) in [6.07, 6.45) is 8.21. The number of rotatable bonds is 5. The zero-order chi connectivity index (χ0) is 11.6. The van der Waals surface area contributed by atoms with Crippen LogP contribution >= 0.6 is 0 Å². The van der Waals surface area contributed by atoms with Gasteiger partial charge >= 0.3 is 0 Å². The molecule has 0 radical (unpaired) electrons. The summed E-state index contributed by atoms with van der Waals surface area (Å²) in [5.41, 5.74) is 1.16. The lowest BCUT2D eigenvalue weighted by Gasteiger charge is -1.94. The van der Waals surface area contributed by atoms with Gasteiger partial charge in [0, 0.05) is 18.2 Å². The van der Waals surface area contributed by atoms with Crippen LogP contribution in [0.3, 0.4) is 0 Å². The van der Waals surface area contributed by atoms with E-state index >= 15 is 0 Å². The summed E-state index contributed by atoms with van der Waals surface area (Å²) in [5.74, 6) is 6.01. The van der Waals surface area contributed by atoms with E-state index in [-0.39, 0.29) is 0 Å². The van der Waals surface area contributed by atoms with Crippen molar-refractivity contribution in [1.29, 1.82) is 0 Å². The molecule has 1 rings (SSSR count). The summed E-state index contributed by atoms with van der Waals surface area (Å²) in [6.45, 7) is 2.19. The third kappa shape index (κ3) is 4.27. The predicted molar refractivity (Wildman–Crippen MR) is 65.3 cm³/mol. The molecule has 0 aliphatic carbocycles. The molecule has 1 aromatic heterocycles. The largest absolute Gasteiger partial charge is 0.298 e. The Morgan fingerprint density at radius 1 is 1.38 bits per heavy atom. The van der Waals surface area contributed by atoms with Crippen LogP contribution in [0, 0.1) is 11.8 Å². The molecular weight excluding hydrogens is 198 g/mol. The highest BCUT2D eigenvalue weighted by atomic mass is 16.1. The van der Waals surface area contributed by atoms with Crippen LogP contribution in [0.2, 0.25) is 0 Å². The smallest absolute Gasteiger partial charge is 0.152 e. The zero-order valence-corrected chi connectivity index (χ0v) is 9.70. The van der Waals surface area contributed by atoms with Gasteiger partial charge in [0.05, 0.1) is 0 Å². The molecule has 0 fully saturated rings. The van der Waals surface area contributed by atoms with Crippen molar-refractivity contribution in [2.75, 3.05) is 0 Å². The van der Waals surface area contributed by atoms with Gasteiger partial charge in [-0.2, -0.15) is 0 Å². The Bertz CT molecular complexity index is 387. The molecule has 1 aromatic rings. The van der Waals surface area contributed by atoms with Gasteiger partial charge in [-0.05, 0) is 24.5 Å². The van der Waals surface area contributed by atoms with E-state index < -0.39 is 0 Å². The van der Waals surface area contributed by atoms with E-state index in [9.17, 15) is 4.79 Å². The molecular formula is C14H17NO. The second-order valence-corrected chi connectivity index (χ2v) is 3.67. The Hall–Kier alpha value is -1.62. The van der Waals surface area contributed by atoms with E-state index in [1.807, 2.05) is 0 Å². The van der Waals surface area contributed by atoms with E-state index in [0.29, 0.717) is 11.3 Å². The SMILES string of the molecule is CCCCCCC#Cc1ncccc1C=O. The van der Waals surface area contributed by atoms with Crippen molar-refractivity contribution in [2.24, 2.45) is 0 Å². The summed E-state index contributed by atoms with van der Waals surface area (Å²) in [7, 11) is 0. The Morgan fingerprint density at radius 2 is 2.25 bits per heavy atom. The van der Waals surface area contributed by atoms with E-state index in [0.717, 1.165) is 19.1 Å². The maximum atomic E-state index is 10.7. The van der Waals surface area contributed by atoms with Crippen LogP contribution in [0.4, 0.5) is 0 Å². The molecule has 2 nitrogen and oxygen atoms in total. The topological polar surface area (TPSA) is 30.0 Å². The number of aldehydes is 1. The van der Waals surface area contributed by atoms with Crippen LogP contribution in [0.15, 0.2) is 18.3 Å². The molecule has 0 amide bonds.